The van der Waals surface area contributed by atoms with Crippen molar-refractivity contribution in [2.24, 2.45) is 0 Å². The quantitative estimate of drug-likeness (QED) is 0.607. The third kappa shape index (κ3) is 2.21. The summed E-state index contributed by atoms with van der Waals surface area (Å²) in [5, 5.41) is 0. The van der Waals surface area contributed by atoms with Crippen molar-refractivity contribution in [2.75, 3.05) is 0 Å². The van der Waals surface area contributed by atoms with Crippen LogP contribution in [0.4, 0.5) is 0 Å². The summed E-state index contributed by atoms with van der Waals surface area (Å²) in [6.07, 6.45) is 4.22. The highest BCUT2D eigenvalue weighted by Gasteiger charge is 2.21. The van der Waals surface area contributed by atoms with Gasteiger partial charge in [-0.25, -0.2) is 0 Å². The van der Waals surface area contributed by atoms with Crippen LogP contribution in [0, 0.1) is 0 Å². The summed E-state index contributed by atoms with van der Waals surface area (Å²) in [7, 11) is 0. The molecule has 1 unspecified atom stereocenters. The van der Waals surface area contributed by atoms with Crippen molar-refractivity contribution in [1.82, 2.24) is 0 Å². The molecule has 0 aromatic heterocycles. The van der Waals surface area contributed by atoms with Gasteiger partial charge in [0.1, 0.15) is 0 Å². The van der Waals surface area contributed by atoms with E-state index in [1.165, 1.54) is 5.56 Å². The van der Waals surface area contributed by atoms with E-state index in [1.54, 1.807) is 0 Å². The second-order valence-corrected chi connectivity index (χ2v) is 3.77. The summed E-state index contributed by atoms with van der Waals surface area (Å²) in [4.78, 5) is 0. The fourth-order valence-corrected chi connectivity index (χ4v) is 1.63. The Hall–Kier alpha value is -1.04. The van der Waals surface area contributed by atoms with Crippen molar-refractivity contribution in [2.45, 2.75) is 32.1 Å². The minimum atomic E-state index is 0.267. The Morgan fingerprint density at radius 3 is 2.38 bits per heavy atom. The largest absolute Gasteiger partial charge is 0.103 e. The molecule has 13 heavy (non-hydrogen) atoms. The van der Waals surface area contributed by atoms with Crippen LogP contribution in [0.1, 0.15) is 32.3 Å². The fourth-order valence-electron chi connectivity index (χ4n) is 1.63. The van der Waals surface area contributed by atoms with Crippen LogP contribution in [0.5, 0.6) is 0 Å². The standard InChI is InChI=1S/C13H18/c1-4-11-13(3,5-2)12-9-7-6-8-10-12/h4,6-10H,1,5,11H2,2-3H3. The lowest BCUT2D eigenvalue weighted by Gasteiger charge is -2.27. The lowest BCUT2D eigenvalue weighted by Crippen LogP contribution is -2.19. The zero-order chi connectivity index (χ0) is 9.73. The summed E-state index contributed by atoms with van der Waals surface area (Å²) in [6, 6.07) is 10.7. The van der Waals surface area contributed by atoms with Crippen molar-refractivity contribution in [3.05, 3.63) is 48.6 Å². The molecule has 0 aliphatic carbocycles. The fraction of sp³-hybridized carbons (Fsp3) is 0.385. The van der Waals surface area contributed by atoms with Gasteiger partial charge in [0.2, 0.25) is 0 Å². The van der Waals surface area contributed by atoms with Gasteiger partial charge < -0.3 is 0 Å². The average molecular weight is 174 g/mol. The molecule has 1 aromatic carbocycles. The van der Waals surface area contributed by atoms with Gasteiger partial charge >= 0.3 is 0 Å². The van der Waals surface area contributed by atoms with Crippen molar-refractivity contribution < 1.29 is 0 Å². The first-order valence-corrected chi connectivity index (χ1v) is 4.89. The summed E-state index contributed by atoms with van der Waals surface area (Å²) >= 11 is 0. The molecule has 0 spiro atoms. The van der Waals surface area contributed by atoms with Gasteiger partial charge in [-0.05, 0) is 23.8 Å². The molecule has 0 nitrogen and oxygen atoms in total. The normalized spacial score (nSPS) is 14.9. The average Bonchev–Trinajstić information content (AvgIpc) is 2.19. The molecular weight excluding hydrogens is 156 g/mol. The van der Waals surface area contributed by atoms with Crippen LogP contribution < -0.4 is 0 Å². The monoisotopic (exact) mass is 174 g/mol. The van der Waals surface area contributed by atoms with Gasteiger partial charge in [0.15, 0.2) is 0 Å². The van der Waals surface area contributed by atoms with Crippen LogP contribution >= 0.6 is 0 Å². The van der Waals surface area contributed by atoms with Crippen molar-refractivity contribution >= 4 is 0 Å². The highest BCUT2D eigenvalue weighted by molar-refractivity contribution is 5.24. The van der Waals surface area contributed by atoms with E-state index in [1.807, 2.05) is 6.08 Å². The molecule has 0 heterocycles. The van der Waals surface area contributed by atoms with Gasteiger partial charge in [0.05, 0.1) is 0 Å². The number of hydrogen-bond donors (Lipinski definition) is 0. The smallest absolute Gasteiger partial charge is 0.00435 e. The maximum absolute atomic E-state index is 3.82. The zero-order valence-corrected chi connectivity index (χ0v) is 8.59. The van der Waals surface area contributed by atoms with Gasteiger partial charge in [-0.3, -0.25) is 0 Å². The Bertz CT molecular complexity index is 261. The topological polar surface area (TPSA) is 0 Å². The van der Waals surface area contributed by atoms with Crippen LogP contribution in [-0.4, -0.2) is 0 Å². The molecule has 0 saturated heterocycles. The first-order chi connectivity index (χ1) is 6.23. The highest BCUT2D eigenvalue weighted by Crippen LogP contribution is 2.30. The SMILES string of the molecule is C=CCC(C)(CC)c1ccccc1. The van der Waals surface area contributed by atoms with Crippen LogP contribution in [0.15, 0.2) is 43.0 Å². The maximum Gasteiger partial charge on any atom is -0.00435 e. The number of hydrogen-bond acceptors (Lipinski definition) is 0. The van der Waals surface area contributed by atoms with E-state index >= 15 is 0 Å². The zero-order valence-electron chi connectivity index (χ0n) is 8.59. The molecule has 0 N–H and O–H groups in total. The van der Waals surface area contributed by atoms with E-state index in [-0.39, 0.29) is 5.41 Å². The minimum Gasteiger partial charge on any atom is -0.103 e. The predicted molar refractivity (Wildman–Crippen MR) is 58.9 cm³/mol. The van der Waals surface area contributed by atoms with E-state index in [9.17, 15) is 0 Å². The van der Waals surface area contributed by atoms with Crippen molar-refractivity contribution in [1.29, 1.82) is 0 Å². The van der Waals surface area contributed by atoms with Crippen LogP contribution in [0.25, 0.3) is 0 Å². The molecule has 0 saturated carbocycles. The summed E-state index contributed by atoms with van der Waals surface area (Å²) < 4.78 is 0. The first-order valence-electron chi connectivity index (χ1n) is 4.89. The van der Waals surface area contributed by atoms with Crippen LogP contribution in [0.2, 0.25) is 0 Å². The van der Waals surface area contributed by atoms with E-state index < -0.39 is 0 Å². The van der Waals surface area contributed by atoms with Gasteiger partial charge in [-0.2, -0.15) is 0 Å². The van der Waals surface area contributed by atoms with Crippen molar-refractivity contribution in [3.63, 3.8) is 0 Å². The molecule has 0 bridgehead atoms. The molecule has 0 radical (unpaired) electrons. The van der Waals surface area contributed by atoms with Gasteiger partial charge in [0, 0.05) is 0 Å². The lowest BCUT2D eigenvalue weighted by molar-refractivity contribution is 0.461. The lowest BCUT2D eigenvalue weighted by atomic mass is 9.77. The molecule has 0 heteroatoms. The summed E-state index contributed by atoms with van der Waals surface area (Å²) in [5.74, 6) is 0. The Kier molecular flexibility index (Phi) is 3.30. The molecular formula is C13H18. The second-order valence-electron chi connectivity index (χ2n) is 3.77. The Morgan fingerprint density at radius 2 is 1.92 bits per heavy atom. The van der Waals surface area contributed by atoms with Gasteiger partial charge in [-0.15, -0.1) is 6.58 Å². The van der Waals surface area contributed by atoms with Crippen LogP contribution in [0.3, 0.4) is 0 Å². The predicted octanol–water partition coefficient (Wildman–Crippen LogP) is 3.93. The van der Waals surface area contributed by atoms with Crippen LogP contribution in [-0.2, 0) is 5.41 Å². The molecule has 0 amide bonds. The third-order valence-electron chi connectivity index (χ3n) is 2.85. The molecule has 70 valence electrons. The first kappa shape index (κ1) is 10.0. The number of rotatable bonds is 4. The molecule has 0 aliphatic rings. The third-order valence-corrected chi connectivity index (χ3v) is 2.85. The second kappa shape index (κ2) is 4.27. The molecule has 0 fully saturated rings. The van der Waals surface area contributed by atoms with E-state index in [0.717, 1.165) is 12.8 Å². The Balaban J connectivity index is 2.95. The van der Waals surface area contributed by atoms with Gasteiger partial charge in [0.25, 0.3) is 0 Å². The number of benzene rings is 1. The Labute approximate surface area is 81.3 Å². The highest BCUT2D eigenvalue weighted by atomic mass is 14.3. The number of allylic oxidation sites excluding steroid dienone is 1. The minimum absolute atomic E-state index is 0.267. The van der Waals surface area contributed by atoms with E-state index in [4.69, 9.17) is 0 Å². The maximum atomic E-state index is 3.82. The molecule has 1 aromatic rings. The summed E-state index contributed by atoms with van der Waals surface area (Å²) in [5.41, 5.74) is 1.68. The molecule has 0 aliphatic heterocycles. The Morgan fingerprint density at radius 1 is 1.31 bits per heavy atom. The van der Waals surface area contributed by atoms with E-state index in [2.05, 4.69) is 50.8 Å². The molecule has 1 rings (SSSR count). The molecule has 1 atom stereocenters. The van der Waals surface area contributed by atoms with E-state index in [0.29, 0.717) is 0 Å². The van der Waals surface area contributed by atoms with Gasteiger partial charge in [-0.1, -0.05) is 50.3 Å². The summed E-state index contributed by atoms with van der Waals surface area (Å²) in [6.45, 7) is 8.35. The van der Waals surface area contributed by atoms with Crippen molar-refractivity contribution in [3.8, 4) is 0 Å².